The van der Waals surface area contributed by atoms with E-state index in [1.54, 1.807) is 19.2 Å². The van der Waals surface area contributed by atoms with E-state index in [0.29, 0.717) is 12.3 Å². The van der Waals surface area contributed by atoms with Crippen molar-refractivity contribution in [2.75, 3.05) is 20.2 Å². The second-order valence-corrected chi connectivity index (χ2v) is 9.14. The van der Waals surface area contributed by atoms with Gasteiger partial charge < -0.3 is 10.1 Å². The van der Waals surface area contributed by atoms with Gasteiger partial charge in [0.15, 0.2) is 0 Å². The van der Waals surface area contributed by atoms with Crippen LogP contribution in [0.25, 0.3) is 0 Å². The van der Waals surface area contributed by atoms with Crippen LogP contribution in [0.5, 0.6) is 5.75 Å². The lowest BCUT2D eigenvalue weighted by Gasteiger charge is -2.31. The number of amides is 1. The molecule has 6 nitrogen and oxygen atoms in total. The van der Waals surface area contributed by atoms with Crippen LogP contribution in [0.15, 0.2) is 53.4 Å². The number of carbonyl (C=O) groups is 1. The number of carbonyl (C=O) groups excluding carboxylic acids is 1. The van der Waals surface area contributed by atoms with Crippen LogP contribution >= 0.6 is 0 Å². The Kier molecular flexibility index (Phi) is 6.90. The number of sulfonamides is 1. The Hall–Kier alpha value is -2.59. The number of hydrogen-bond donors (Lipinski definition) is 1. The molecule has 1 aliphatic heterocycles. The predicted molar refractivity (Wildman–Crippen MR) is 108 cm³/mol. The van der Waals surface area contributed by atoms with E-state index in [2.05, 4.69) is 5.32 Å². The Labute approximate surface area is 179 Å². The van der Waals surface area contributed by atoms with Gasteiger partial charge in [0, 0.05) is 25.6 Å². The minimum atomic E-state index is -4.77. The van der Waals surface area contributed by atoms with Crippen molar-refractivity contribution in [3.05, 3.63) is 59.7 Å². The standard InChI is InChI=1S/C21H23F3N2O4S/c1-30-17-8-6-15(7-9-17)14-25-20(27)16-10-12-26(13-11-16)31(28,29)19-5-3-2-4-18(19)21(22,23)24/h2-9,16H,10-14H2,1H3,(H,25,27). The van der Waals surface area contributed by atoms with Crippen LogP contribution < -0.4 is 10.1 Å². The molecule has 1 fully saturated rings. The van der Waals surface area contributed by atoms with Crippen LogP contribution in [0.2, 0.25) is 0 Å². The van der Waals surface area contributed by atoms with Gasteiger partial charge in [-0.25, -0.2) is 8.42 Å². The van der Waals surface area contributed by atoms with Crippen molar-refractivity contribution in [3.63, 3.8) is 0 Å². The SMILES string of the molecule is COc1ccc(CNC(=O)C2CCN(S(=O)(=O)c3ccccc3C(F)(F)F)CC2)cc1. The average molecular weight is 456 g/mol. The van der Waals surface area contributed by atoms with E-state index in [0.717, 1.165) is 28.1 Å². The molecule has 10 heteroatoms. The van der Waals surface area contributed by atoms with E-state index in [4.69, 9.17) is 4.74 Å². The summed E-state index contributed by atoms with van der Waals surface area (Å²) in [5.41, 5.74) is -0.299. The maximum atomic E-state index is 13.2. The molecule has 0 aromatic heterocycles. The number of rotatable bonds is 6. The highest BCUT2D eigenvalue weighted by molar-refractivity contribution is 7.89. The summed E-state index contributed by atoms with van der Waals surface area (Å²) in [5, 5.41) is 2.82. The van der Waals surface area contributed by atoms with Crippen LogP contribution in [0.3, 0.4) is 0 Å². The van der Waals surface area contributed by atoms with Gasteiger partial charge in [-0.05, 0) is 42.7 Å². The Morgan fingerprint density at radius 2 is 1.71 bits per heavy atom. The number of nitrogens with zero attached hydrogens (tertiary/aromatic N) is 1. The van der Waals surface area contributed by atoms with Gasteiger partial charge in [0.05, 0.1) is 17.6 Å². The highest BCUT2D eigenvalue weighted by atomic mass is 32.2. The number of nitrogens with one attached hydrogen (secondary N) is 1. The molecule has 3 rings (SSSR count). The van der Waals surface area contributed by atoms with Crippen molar-refractivity contribution >= 4 is 15.9 Å². The fraction of sp³-hybridized carbons (Fsp3) is 0.381. The number of halogens is 3. The largest absolute Gasteiger partial charge is 0.497 e. The number of piperidine rings is 1. The first-order chi connectivity index (χ1) is 14.6. The van der Waals surface area contributed by atoms with Gasteiger partial charge in [0.25, 0.3) is 0 Å². The maximum Gasteiger partial charge on any atom is 0.417 e. The summed E-state index contributed by atoms with van der Waals surface area (Å²) in [6, 6.07) is 11.4. The van der Waals surface area contributed by atoms with E-state index < -0.39 is 32.6 Å². The van der Waals surface area contributed by atoms with Crippen molar-refractivity contribution in [2.24, 2.45) is 5.92 Å². The highest BCUT2D eigenvalue weighted by Gasteiger charge is 2.40. The van der Waals surface area contributed by atoms with Gasteiger partial charge in [-0.3, -0.25) is 4.79 Å². The lowest BCUT2D eigenvalue weighted by molar-refractivity contribution is -0.139. The minimum absolute atomic E-state index is 0.0187. The number of hydrogen-bond acceptors (Lipinski definition) is 4. The molecule has 0 bridgehead atoms. The Balaban J connectivity index is 1.60. The molecule has 0 unspecified atom stereocenters. The molecular formula is C21H23F3N2O4S. The monoisotopic (exact) mass is 456 g/mol. The molecule has 0 atom stereocenters. The van der Waals surface area contributed by atoms with E-state index in [1.165, 1.54) is 6.07 Å². The fourth-order valence-electron chi connectivity index (χ4n) is 3.50. The quantitative estimate of drug-likeness (QED) is 0.723. The van der Waals surface area contributed by atoms with Gasteiger partial charge in [-0.1, -0.05) is 24.3 Å². The predicted octanol–water partition coefficient (Wildman–Crippen LogP) is 3.43. The smallest absolute Gasteiger partial charge is 0.417 e. The number of methoxy groups -OCH3 is 1. The summed E-state index contributed by atoms with van der Waals surface area (Å²) in [6.45, 7) is 0.282. The van der Waals surface area contributed by atoms with Crippen molar-refractivity contribution < 1.29 is 31.1 Å². The molecule has 2 aromatic rings. The highest BCUT2D eigenvalue weighted by Crippen LogP contribution is 2.36. The third-order valence-corrected chi connectivity index (χ3v) is 7.22. The lowest BCUT2D eigenvalue weighted by atomic mass is 9.97. The van der Waals surface area contributed by atoms with Gasteiger partial charge in [0.1, 0.15) is 5.75 Å². The molecule has 168 valence electrons. The zero-order chi connectivity index (χ0) is 22.6. The molecule has 0 aliphatic carbocycles. The first-order valence-corrected chi connectivity index (χ1v) is 11.1. The zero-order valence-corrected chi connectivity index (χ0v) is 17.7. The molecule has 0 radical (unpaired) electrons. The summed E-state index contributed by atoms with van der Waals surface area (Å²) in [6.07, 6.45) is -4.30. The number of ether oxygens (including phenoxy) is 1. The van der Waals surface area contributed by atoms with Crippen molar-refractivity contribution in [2.45, 2.75) is 30.5 Å². The molecule has 31 heavy (non-hydrogen) atoms. The first-order valence-electron chi connectivity index (χ1n) is 9.70. The number of benzene rings is 2. The second kappa shape index (κ2) is 9.27. The van der Waals surface area contributed by atoms with E-state index in [-0.39, 0.29) is 31.8 Å². The molecule has 1 saturated heterocycles. The summed E-state index contributed by atoms with van der Waals surface area (Å²) in [4.78, 5) is 11.7. The molecule has 1 N–H and O–H groups in total. The molecule has 0 spiro atoms. The van der Waals surface area contributed by atoms with Crippen LogP contribution in [0, 0.1) is 5.92 Å². The third-order valence-electron chi connectivity index (χ3n) is 5.26. The summed E-state index contributed by atoms with van der Waals surface area (Å²) in [7, 11) is -2.76. The van der Waals surface area contributed by atoms with Crippen LogP contribution in [-0.2, 0) is 27.5 Å². The molecule has 0 saturated carbocycles. The van der Waals surface area contributed by atoms with Crippen molar-refractivity contribution in [1.29, 1.82) is 0 Å². The van der Waals surface area contributed by atoms with Crippen molar-refractivity contribution in [3.8, 4) is 5.75 Å². The van der Waals surface area contributed by atoms with Gasteiger partial charge in [0.2, 0.25) is 15.9 Å². The molecule has 1 aliphatic rings. The summed E-state index contributed by atoms with van der Waals surface area (Å²) < 4.78 is 71.4. The molecule has 1 heterocycles. The van der Waals surface area contributed by atoms with Crippen LogP contribution in [0.4, 0.5) is 13.2 Å². The topological polar surface area (TPSA) is 75.7 Å². The number of alkyl halides is 3. The minimum Gasteiger partial charge on any atom is -0.497 e. The summed E-state index contributed by atoms with van der Waals surface area (Å²) in [5.74, 6) is 0.0990. The normalized spacial score (nSPS) is 16.1. The maximum absolute atomic E-state index is 13.2. The fourth-order valence-corrected chi connectivity index (χ4v) is 5.18. The molecular weight excluding hydrogens is 433 g/mol. The van der Waals surface area contributed by atoms with E-state index in [1.807, 2.05) is 12.1 Å². The Bertz CT molecular complexity index is 1020. The van der Waals surface area contributed by atoms with Gasteiger partial charge in [-0.2, -0.15) is 17.5 Å². The van der Waals surface area contributed by atoms with Crippen LogP contribution in [-0.4, -0.2) is 38.8 Å². The van der Waals surface area contributed by atoms with E-state index in [9.17, 15) is 26.4 Å². The Morgan fingerprint density at radius 1 is 1.10 bits per heavy atom. The molecule has 1 amide bonds. The van der Waals surface area contributed by atoms with Gasteiger partial charge in [-0.15, -0.1) is 0 Å². The molecule has 2 aromatic carbocycles. The summed E-state index contributed by atoms with van der Waals surface area (Å²) >= 11 is 0. The van der Waals surface area contributed by atoms with Crippen molar-refractivity contribution in [1.82, 2.24) is 9.62 Å². The van der Waals surface area contributed by atoms with E-state index >= 15 is 0 Å². The van der Waals surface area contributed by atoms with Crippen LogP contribution in [0.1, 0.15) is 24.0 Å². The first kappa shape index (κ1) is 23.1. The zero-order valence-electron chi connectivity index (χ0n) is 16.9. The lowest BCUT2D eigenvalue weighted by Crippen LogP contribution is -2.43. The Morgan fingerprint density at radius 3 is 2.29 bits per heavy atom. The second-order valence-electron chi connectivity index (χ2n) is 7.24. The average Bonchev–Trinajstić information content (AvgIpc) is 2.77. The third kappa shape index (κ3) is 5.37. The van der Waals surface area contributed by atoms with Gasteiger partial charge >= 0.3 is 6.18 Å².